The van der Waals surface area contributed by atoms with Crippen molar-refractivity contribution in [3.63, 3.8) is 0 Å². The number of nitrogens with zero attached hydrogens (tertiary/aromatic N) is 4. The highest BCUT2D eigenvalue weighted by atomic mass is 16.1. The van der Waals surface area contributed by atoms with Gasteiger partial charge in [-0.1, -0.05) is 33.4 Å². The highest BCUT2D eigenvalue weighted by molar-refractivity contribution is 6.27. The van der Waals surface area contributed by atoms with Crippen LogP contribution in [0.25, 0.3) is 11.1 Å². The van der Waals surface area contributed by atoms with E-state index in [1.807, 2.05) is 0 Å². The van der Waals surface area contributed by atoms with Crippen molar-refractivity contribution < 1.29 is 19.2 Å². The number of nitrogens with one attached hydrogen (secondary N) is 2. The van der Waals surface area contributed by atoms with E-state index in [0.29, 0.717) is 37.6 Å². The van der Waals surface area contributed by atoms with Crippen molar-refractivity contribution in [2.24, 2.45) is 28.9 Å². The van der Waals surface area contributed by atoms with Gasteiger partial charge in [0, 0.05) is 19.0 Å². The maximum absolute atomic E-state index is 11.1. The third-order valence-corrected chi connectivity index (χ3v) is 3.99. The summed E-state index contributed by atoms with van der Waals surface area (Å²) in [7, 11) is 0. The number of unbranched alkanes of at least 4 members (excludes halogenated alkanes) is 1. The van der Waals surface area contributed by atoms with E-state index in [2.05, 4.69) is 40.3 Å². The van der Waals surface area contributed by atoms with E-state index in [1.165, 1.54) is 12.8 Å². The number of hydrogen-bond donors (Lipinski definition) is 6. The van der Waals surface area contributed by atoms with Crippen molar-refractivity contribution >= 4 is 24.0 Å². The molecule has 10 N–H and O–H groups in total. The Morgan fingerprint density at radius 3 is 1.76 bits per heavy atom. The Morgan fingerprint density at radius 1 is 0.939 bits per heavy atom. The van der Waals surface area contributed by atoms with Gasteiger partial charge >= 0.3 is 12.4 Å². The molecule has 0 rings (SSSR count). The Balaban J connectivity index is -0.000000453. The topological polar surface area (TPSA) is 235 Å². The average Bonchev–Trinajstić information content (AvgIpc) is 2.75. The minimum absolute atomic E-state index is 0.126. The highest BCUT2D eigenvalue weighted by Gasteiger charge is 2.14. The van der Waals surface area contributed by atoms with E-state index in [4.69, 9.17) is 34.0 Å². The van der Waals surface area contributed by atoms with Gasteiger partial charge in [0.05, 0.1) is 17.7 Å². The maximum atomic E-state index is 11.1. The quantitative estimate of drug-likeness (QED) is 0.0782. The van der Waals surface area contributed by atoms with Gasteiger partial charge in [-0.25, -0.2) is 0 Å². The van der Waals surface area contributed by atoms with Crippen LogP contribution in [0.15, 0.2) is 24.8 Å². The van der Waals surface area contributed by atoms with Crippen LogP contribution in [0, 0.1) is 5.92 Å². The Bertz CT molecular complexity index is 612. The van der Waals surface area contributed by atoms with Crippen LogP contribution in [0.1, 0.15) is 52.4 Å². The first kappa shape index (κ1) is 34.3. The lowest BCUT2D eigenvalue weighted by Crippen LogP contribution is -2.32. The minimum Gasteiger partial charge on any atom is -0.386 e. The molecule has 0 heterocycles. The lowest BCUT2D eigenvalue weighted by atomic mass is 10.0. The Kier molecular flexibility index (Phi) is 26.0. The van der Waals surface area contributed by atoms with Crippen LogP contribution in [0.3, 0.4) is 0 Å². The molecule has 0 aliphatic rings. The van der Waals surface area contributed by atoms with Gasteiger partial charge in [-0.2, -0.15) is 9.58 Å². The molecule has 2 atom stereocenters. The smallest absolute Gasteiger partial charge is 0.324 e. The monoisotopic (exact) mass is 466 g/mol. The summed E-state index contributed by atoms with van der Waals surface area (Å²) >= 11 is 0. The van der Waals surface area contributed by atoms with Gasteiger partial charge in [-0.3, -0.25) is 9.59 Å². The number of Topliss-reactive ketones (excluding diaryl/α,β-unsaturated/α-hetero) is 2. The number of nitrogens with two attached hydrogens (primary N) is 4. The van der Waals surface area contributed by atoms with Crippen molar-refractivity contribution in [3.8, 4) is 0 Å². The SMILES string of the molecule is C=C(N)NCCC[C@H](C)C(=O)C=[N+]=[N-].C=C(N)NCCC[C@H](N)C(=O)C=[N+]=[N-].CCCCN. The lowest BCUT2D eigenvalue weighted by Gasteiger charge is -2.07. The summed E-state index contributed by atoms with van der Waals surface area (Å²) in [5.74, 6) is 0.139. The number of carbonyl (C=O) groups excluding carboxylic acids is 2. The fourth-order valence-corrected chi connectivity index (χ4v) is 2.05. The number of rotatable bonds is 16. The summed E-state index contributed by atoms with van der Waals surface area (Å²) in [4.78, 5) is 27.4. The number of carbonyl (C=O) groups is 2. The lowest BCUT2D eigenvalue weighted by molar-refractivity contribution is -0.119. The molecule has 12 heteroatoms. The summed E-state index contributed by atoms with van der Waals surface area (Å²) in [5, 5.41) is 5.67. The van der Waals surface area contributed by atoms with E-state index >= 15 is 0 Å². The molecule has 12 nitrogen and oxygen atoms in total. The van der Waals surface area contributed by atoms with Gasteiger partial charge in [0.1, 0.15) is 0 Å². The zero-order valence-corrected chi connectivity index (χ0v) is 20.0. The molecule has 33 heavy (non-hydrogen) atoms. The zero-order valence-electron chi connectivity index (χ0n) is 20.0. The first-order valence-electron chi connectivity index (χ1n) is 10.8. The highest BCUT2D eigenvalue weighted by Crippen LogP contribution is 2.04. The van der Waals surface area contributed by atoms with Gasteiger partial charge in [-0.05, 0) is 38.6 Å². The minimum atomic E-state index is -0.626. The molecule has 0 aromatic rings. The van der Waals surface area contributed by atoms with E-state index in [-0.39, 0.29) is 17.5 Å². The second-order valence-electron chi connectivity index (χ2n) is 7.13. The van der Waals surface area contributed by atoms with Crippen LogP contribution in [-0.2, 0) is 9.59 Å². The maximum Gasteiger partial charge on any atom is 0.324 e. The Morgan fingerprint density at radius 2 is 1.39 bits per heavy atom. The van der Waals surface area contributed by atoms with Gasteiger partial charge in [0.15, 0.2) is 0 Å². The third-order valence-electron chi connectivity index (χ3n) is 3.99. The Labute approximate surface area is 197 Å². The van der Waals surface area contributed by atoms with Crippen LogP contribution in [0.2, 0.25) is 0 Å². The van der Waals surface area contributed by atoms with E-state index in [1.54, 1.807) is 6.92 Å². The van der Waals surface area contributed by atoms with Gasteiger partial charge in [0.2, 0.25) is 5.78 Å². The van der Waals surface area contributed by atoms with Crippen molar-refractivity contribution in [2.45, 2.75) is 58.4 Å². The second-order valence-corrected chi connectivity index (χ2v) is 7.13. The van der Waals surface area contributed by atoms with Crippen molar-refractivity contribution in [1.82, 2.24) is 10.6 Å². The normalized spacial score (nSPS) is 10.8. The fraction of sp³-hybridized carbons (Fsp3) is 0.619. The predicted octanol–water partition coefficient (Wildman–Crippen LogP) is 0.0202. The average molecular weight is 467 g/mol. The largest absolute Gasteiger partial charge is 0.386 e. The Hall–Kier alpha value is -3.30. The molecule has 0 fully saturated rings. The van der Waals surface area contributed by atoms with Crippen molar-refractivity contribution in [2.75, 3.05) is 19.6 Å². The van der Waals surface area contributed by atoms with Crippen LogP contribution in [0.5, 0.6) is 0 Å². The standard InChI is InChI=1S/C9H16N4O.C8H15N5O.C4H11N/c1-7(9(14)6-13-11)4-3-5-12-8(2)10;1-6(9)12-4-2-3-7(10)8(14)5-13-11;1-2-3-4-5/h6-7,12H,2-5,10H2,1H3;5,7,12H,1-4,9-10H2;2-5H2,1H3/t2*7-;/m00./s1. The predicted molar refractivity (Wildman–Crippen MR) is 132 cm³/mol. The van der Waals surface area contributed by atoms with Crippen molar-refractivity contribution in [1.29, 1.82) is 0 Å². The molecule has 0 aliphatic heterocycles. The summed E-state index contributed by atoms with van der Waals surface area (Å²) in [5.41, 5.74) is 37.4. The van der Waals surface area contributed by atoms with E-state index in [0.717, 1.165) is 31.8 Å². The molecule has 0 amide bonds. The second kappa shape index (κ2) is 25.0. The molecule has 0 spiro atoms. The molecular weight excluding hydrogens is 424 g/mol. The van der Waals surface area contributed by atoms with E-state index < -0.39 is 6.04 Å². The number of hydrogen-bond acceptors (Lipinski definition) is 8. The first-order valence-corrected chi connectivity index (χ1v) is 10.8. The molecule has 0 aliphatic carbocycles. The van der Waals surface area contributed by atoms with Crippen LogP contribution in [0.4, 0.5) is 0 Å². The molecule has 0 bridgehead atoms. The van der Waals surface area contributed by atoms with Crippen molar-refractivity contribution in [3.05, 3.63) is 35.9 Å². The molecule has 0 aromatic heterocycles. The van der Waals surface area contributed by atoms with E-state index in [9.17, 15) is 9.59 Å². The van der Waals surface area contributed by atoms with Crippen LogP contribution >= 0.6 is 0 Å². The molecule has 188 valence electrons. The molecule has 0 aromatic carbocycles. The van der Waals surface area contributed by atoms with Crippen LogP contribution < -0.4 is 33.6 Å². The third kappa shape index (κ3) is 28.7. The first-order chi connectivity index (χ1) is 15.6. The van der Waals surface area contributed by atoms with Gasteiger partial charge in [-0.15, -0.1) is 0 Å². The van der Waals surface area contributed by atoms with Gasteiger partial charge < -0.3 is 44.6 Å². The van der Waals surface area contributed by atoms with Crippen LogP contribution in [-0.4, -0.2) is 59.3 Å². The molecule has 0 radical (unpaired) electrons. The molecular formula is C21H42N10O2. The summed E-state index contributed by atoms with van der Waals surface area (Å²) < 4.78 is 0. The summed E-state index contributed by atoms with van der Waals surface area (Å²) in [6, 6.07) is -0.626. The fourth-order valence-electron chi connectivity index (χ4n) is 2.05. The zero-order chi connectivity index (χ0) is 26.1. The molecule has 0 saturated heterocycles. The number of ketones is 2. The summed E-state index contributed by atoms with van der Waals surface area (Å²) in [6.45, 7) is 13.0. The molecule has 0 saturated carbocycles. The van der Waals surface area contributed by atoms with Gasteiger partial charge in [0.25, 0.3) is 5.78 Å². The summed E-state index contributed by atoms with van der Waals surface area (Å²) in [6.07, 6.45) is 6.87. The molecule has 0 unspecified atom stereocenters.